The van der Waals surface area contributed by atoms with Gasteiger partial charge in [-0.15, -0.1) is 0 Å². The van der Waals surface area contributed by atoms with Crippen LogP contribution in [0.1, 0.15) is 11.1 Å². The Bertz CT molecular complexity index is 911. The number of hydrogen-bond acceptors (Lipinski definition) is 2. The van der Waals surface area contributed by atoms with Crippen LogP contribution in [0.5, 0.6) is 11.5 Å². The second-order valence-electron chi connectivity index (χ2n) is 5.51. The lowest BCUT2D eigenvalue weighted by molar-refractivity contribution is 0.451. The molecule has 2 N–H and O–H groups in total. The Hall–Kier alpha value is -2.48. The van der Waals surface area contributed by atoms with E-state index < -0.39 is 0 Å². The van der Waals surface area contributed by atoms with Gasteiger partial charge in [-0.1, -0.05) is 24.3 Å². The Balaban J connectivity index is 2.43. The molecule has 2 nitrogen and oxygen atoms in total. The molecule has 0 aromatic heterocycles. The summed E-state index contributed by atoms with van der Waals surface area (Å²) in [5.41, 5.74) is 1.74. The van der Waals surface area contributed by atoms with E-state index in [4.69, 9.17) is 0 Å². The fourth-order valence-corrected chi connectivity index (χ4v) is 3.23. The fourth-order valence-electron chi connectivity index (χ4n) is 3.23. The largest absolute Gasteiger partial charge is 0.507 e. The number of aromatic hydroxyl groups is 2. The highest BCUT2D eigenvalue weighted by molar-refractivity contribution is 6.25. The number of phenols is 2. The van der Waals surface area contributed by atoms with E-state index in [1.165, 1.54) is 5.56 Å². The smallest absolute Gasteiger partial charge is 0.130 e. The van der Waals surface area contributed by atoms with Gasteiger partial charge in [0, 0.05) is 21.7 Å². The van der Waals surface area contributed by atoms with E-state index in [0.717, 1.165) is 32.3 Å². The molecule has 0 heterocycles. The Kier molecular flexibility index (Phi) is 2.01. The van der Waals surface area contributed by atoms with Crippen molar-refractivity contribution >= 4 is 32.3 Å². The monoisotopic (exact) mass is 262 g/mol. The lowest BCUT2D eigenvalue weighted by atomic mass is 9.91. The first-order chi connectivity index (χ1) is 9.58. The summed E-state index contributed by atoms with van der Waals surface area (Å²) in [7, 11) is 0. The minimum absolute atomic E-state index is 0.171. The summed E-state index contributed by atoms with van der Waals surface area (Å²) in [4.78, 5) is 0. The molecule has 0 unspecified atom stereocenters. The lowest BCUT2D eigenvalue weighted by Gasteiger charge is -2.15. The molecule has 4 aromatic rings. The quantitative estimate of drug-likeness (QED) is 0.454. The molecule has 4 rings (SSSR count). The molecule has 2 heteroatoms. The molecule has 0 radical (unpaired) electrons. The average molecular weight is 262 g/mol. The van der Waals surface area contributed by atoms with E-state index in [1.54, 1.807) is 6.92 Å². The second-order valence-corrected chi connectivity index (χ2v) is 5.51. The highest BCUT2D eigenvalue weighted by atomic mass is 16.3. The van der Waals surface area contributed by atoms with Gasteiger partial charge in [-0.25, -0.2) is 0 Å². The van der Waals surface area contributed by atoms with E-state index in [1.807, 2.05) is 24.3 Å². The molecule has 0 aliphatic carbocycles. The van der Waals surface area contributed by atoms with E-state index in [0.29, 0.717) is 5.56 Å². The third kappa shape index (κ3) is 1.23. The van der Waals surface area contributed by atoms with Crippen LogP contribution in [-0.2, 0) is 0 Å². The Labute approximate surface area is 116 Å². The van der Waals surface area contributed by atoms with Crippen LogP contribution in [0.2, 0.25) is 0 Å². The molecule has 98 valence electrons. The number of rotatable bonds is 0. The van der Waals surface area contributed by atoms with Gasteiger partial charge < -0.3 is 10.2 Å². The predicted molar refractivity (Wildman–Crippen MR) is 82.9 cm³/mol. The van der Waals surface area contributed by atoms with Gasteiger partial charge in [0.25, 0.3) is 0 Å². The van der Waals surface area contributed by atoms with Crippen LogP contribution in [-0.4, -0.2) is 10.2 Å². The molecule has 0 aliphatic heterocycles. The van der Waals surface area contributed by atoms with Crippen LogP contribution in [0.15, 0.2) is 36.4 Å². The second kappa shape index (κ2) is 3.54. The van der Waals surface area contributed by atoms with Gasteiger partial charge in [0.05, 0.1) is 0 Å². The maximum atomic E-state index is 10.3. The first kappa shape index (κ1) is 11.4. The Morgan fingerprint density at radius 2 is 1.20 bits per heavy atom. The molecule has 0 amide bonds. The summed E-state index contributed by atoms with van der Waals surface area (Å²) in [6.45, 7) is 3.82. The SMILES string of the molecule is Cc1cc2ccc3c(O)c(C)c(O)c4ccc(c1)c2c34. The maximum Gasteiger partial charge on any atom is 0.130 e. The molecule has 0 saturated carbocycles. The zero-order chi connectivity index (χ0) is 14.0. The number of aryl methyl sites for hydroxylation is 1. The van der Waals surface area contributed by atoms with Crippen molar-refractivity contribution in [3.63, 3.8) is 0 Å². The van der Waals surface area contributed by atoms with Crippen molar-refractivity contribution < 1.29 is 10.2 Å². The molecule has 4 aromatic carbocycles. The van der Waals surface area contributed by atoms with Gasteiger partial charge in [0.15, 0.2) is 0 Å². The van der Waals surface area contributed by atoms with Gasteiger partial charge in [-0.3, -0.25) is 0 Å². The topological polar surface area (TPSA) is 40.5 Å². The summed E-state index contributed by atoms with van der Waals surface area (Å²) in [6.07, 6.45) is 0. The van der Waals surface area contributed by atoms with Crippen LogP contribution in [0.25, 0.3) is 32.3 Å². The predicted octanol–water partition coefficient (Wildman–Crippen LogP) is 4.61. The molecule has 20 heavy (non-hydrogen) atoms. The third-order valence-corrected chi connectivity index (χ3v) is 4.21. The number of hydrogen-bond donors (Lipinski definition) is 2. The Morgan fingerprint density at radius 1 is 0.700 bits per heavy atom. The summed E-state index contributed by atoms with van der Waals surface area (Å²) < 4.78 is 0. The minimum atomic E-state index is 0.171. The molecule has 0 atom stereocenters. The van der Waals surface area contributed by atoms with Crippen molar-refractivity contribution in [1.29, 1.82) is 0 Å². The van der Waals surface area contributed by atoms with Crippen LogP contribution >= 0.6 is 0 Å². The number of benzene rings is 4. The molecule has 0 fully saturated rings. The molecule has 0 bridgehead atoms. The van der Waals surface area contributed by atoms with Crippen molar-refractivity contribution in [2.75, 3.05) is 0 Å². The van der Waals surface area contributed by atoms with E-state index >= 15 is 0 Å². The third-order valence-electron chi connectivity index (χ3n) is 4.21. The summed E-state index contributed by atoms with van der Waals surface area (Å²) in [5, 5.41) is 26.6. The van der Waals surface area contributed by atoms with E-state index in [2.05, 4.69) is 19.1 Å². The van der Waals surface area contributed by atoms with Crippen molar-refractivity contribution in [2.45, 2.75) is 13.8 Å². The summed E-state index contributed by atoms with van der Waals surface area (Å²) in [6, 6.07) is 12.2. The number of phenolic OH excluding ortho intramolecular Hbond substituents is 2. The normalized spacial score (nSPS) is 11.9. The van der Waals surface area contributed by atoms with Gasteiger partial charge >= 0.3 is 0 Å². The standard InChI is InChI=1S/C18H14O2/c1-9-7-11-3-5-13-16-14(18(20)10(2)17(13)19)6-4-12(8-9)15(11)16/h3-8,19-20H,1-2H3. The average Bonchev–Trinajstić information content (AvgIpc) is 2.44. The van der Waals surface area contributed by atoms with Crippen molar-refractivity contribution in [3.8, 4) is 11.5 Å². The zero-order valence-electron chi connectivity index (χ0n) is 11.4. The van der Waals surface area contributed by atoms with Crippen LogP contribution < -0.4 is 0 Å². The minimum Gasteiger partial charge on any atom is -0.507 e. The van der Waals surface area contributed by atoms with Crippen LogP contribution in [0, 0.1) is 13.8 Å². The first-order valence-electron chi connectivity index (χ1n) is 6.67. The van der Waals surface area contributed by atoms with Gasteiger partial charge in [-0.05, 0) is 47.7 Å². The molecule has 0 aliphatic rings. The van der Waals surface area contributed by atoms with Crippen molar-refractivity contribution in [1.82, 2.24) is 0 Å². The van der Waals surface area contributed by atoms with Crippen molar-refractivity contribution in [3.05, 3.63) is 47.5 Å². The van der Waals surface area contributed by atoms with Gasteiger partial charge in [0.2, 0.25) is 0 Å². The molecule has 0 spiro atoms. The highest BCUT2D eigenvalue weighted by Crippen LogP contribution is 2.45. The highest BCUT2D eigenvalue weighted by Gasteiger charge is 2.16. The van der Waals surface area contributed by atoms with Gasteiger partial charge in [-0.2, -0.15) is 0 Å². The first-order valence-corrected chi connectivity index (χ1v) is 6.67. The Morgan fingerprint density at radius 3 is 1.70 bits per heavy atom. The molecular formula is C18H14O2. The molecular weight excluding hydrogens is 248 g/mol. The lowest BCUT2D eigenvalue weighted by Crippen LogP contribution is -1.88. The zero-order valence-corrected chi connectivity index (χ0v) is 11.4. The van der Waals surface area contributed by atoms with Gasteiger partial charge in [0.1, 0.15) is 11.5 Å². The van der Waals surface area contributed by atoms with E-state index in [9.17, 15) is 10.2 Å². The summed E-state index contributed by atoms with van der Waals surface area (Å²) in [5.74, 6) is 0.343. The molecule has 0 saturated heterocycles. The van der Waals surface area contributed by atoms with E-state index in [-0.39, 0.29) is 11.5 Å². The van der Waals surface area contributed by atoms with Crippen LogP contribution in [0.3, 0.4) is 0 Å². The fraction of sp³-hybridized carbons (Fsp3) is 0.111. The van der Waals surface area contributed by atoms with Crippen LogP contribution in [0.4, 0.5) is 0 Å². The summed E-state index contributed by atoms with van der Waals surface area (Å²) >= 11 is 0. The maximum absolute atomic E-state index is 10.3. The van der Waals surface area contributed by atoms with Crippen molar-refractivity contribution in [2.24, 2.45) is 0 Å².